The molecule has 0 spiro atoms. The number of sulfonamides is 1. The van der Waals surface area contributed by atoms with Crippen molar-refractivity contribution in [1.82, 2.24) is 14.2 Å². The number of rotatable bonds is 10. The van der Waals surface area contributed by atoms with Gasteiger partial charge in [0.1, 0.15) is 32.0 Å². The van der Waals surface area contributed by atoms with Crippen LogP contribution in [0.15, 0.2) is 28.5 Å². The Hall–Kier alpha value is -2.00. The van der Waals surface area contributed by atoms with Crippen LogP contribution in [0.3, 0.4) is 0 Å². The quantitative estimate of drug-likeness (QED) is 0.339. The van der Waals surface area contributed by atoms with E-state index in [0.29, 0.717) is 65.5 Å². The average molecular weight is 615 g/mol. The molecule has 0 bridgehead atoms. The molecular weight excluding hydrogens is 584 g/mol. The smallest absolute Gasteiger partial charge is 0.253 e. The molecule has 10 nitrogen and oxygen atoms in total. The summed E-state index contributed by atoms with van der Waals surface area (Å²) in [6.07, 6.45) is 1.74. The van der Waals surface area contributed by atoms with Gasteiger partial charge in [-0.05, 0) is 43.5 Å². The highest BCUT2D eigenvalue weighted by molar-refractivity contribution is 7.91. The van der Waals surface area contributed by atoms with Crippen LogP contribution in [-0.2, 0) is 19.6 Å². The highest BCUT2D eigenvalue weighted by Gasteiger charge is 2.42. The maximum absolute atomic E-state index is 14.2. The van der Waals surface area contributed by atoms with Gasteiger partial charge in [0.25, 0.3) is 10.0 Å². The van der Waals surface area contributed by atoms with Crippen molar-refractivity contribution in [3.63, 3.8) is 0 Å². The van der Waals surface area contributed by atoms with Crippen LogP contribution in [0.1, 0.15) is 19.3 Å². The lowest BCUT2D eigenvalue weighted by Gasteiger charge is -2.30. The summed E-state index contributed by atoms with van der Waals surface area (Å²) in [5, 5.41) is 0.489. The molecule has 1 amide bonds. The highest BCUT2D eigenvalue weighted by atomic mass is 35.5. The fraction of sp³-hybridized carbons (Fsp3) is 0.520. The molecule has 1 atom stereocenters. The van der Waals surface area contributed by atoms with Gasteiger partial charge in [-0.15, -0.1) is 11.3 Å². The number of ether oxygens (including phenoxy) is 3. The van der Waals surface area contributed by atoms with Crippen molar-refractivity contribution in [1.29, 1.82) is 0 Å². The van der Waals surface area contributed by atoms with E-state index in [-0.39, 0.29) is 16.7 Å². The number of morpholine rings is 1. The molecule has 14 heteroatoms. The van der Waals surface area contributed by atoms with E-state index < -0.39 is 16.1 Å². The van der Waals surface area contributed by atoms with E-state index in [1.807, 2.05) is 6.07 Å². The molecule has 2 aromatic heterocycles. The monoisotopic (exact) mass is 614 g/mol. The summed E-state index contributed by atoms with van der Waals surface area (Å²) in [6.45, 7) is 4.56. The number of amides is 1. The average Bonchev–Trinajstić information content (AvgIpc) is 3.71. The first-order valence-electron chi connectivity index (χ1n) is 12.7. The summed E-state index contributed by atoms with van der Waals surface area (Å²) >= 11 is 8.37. The first-order chi connectivity index (χ1) is 18.8. The predicted octanol–water partition coefficient (Wildman–Crippen LogP) is 3.94. The van der Waals surface area contributed by atoms with E-state index in [4.69, 9.17) is 30.8 Å². The second-order valence-corrected chi connectivity index (χ2v) is 14.1. The molecule has 212 valence electrons. The number of thiophene rings is 1. The number of aromatic nitrogens is 1. The van der Waals surface area contributed by atoms with E-state index in [2.05, 4.69) is 4.90 Å². The Bertz CT molecular complexity index is 1380. The number of anilines is 1. The van der Waals surface area contributed by atoms with E-state index in [9.17, 15) is 13.2 Å². The molecule has 1 aromatic carbocycles. The molecule has 2 aliphatic heterocycles. The van der Waals surface area contributed by atoms with E-state index >= 15 is 0 Å². The SMILES string of the molecule is COc1ccc(OC)c2sc(N(CCCN3CCOCC3)C(=O)C3CCCN3S(=O)(=O)c3ccc(Cl)s3)nc12. The number of nitrogens with zero attached hydrogens (tertiary/aromatic N) is 4. The number of methoxy groups -OCH3 is 2. The Kier molecular flexibility index (Phi) is 8.96. The Labute approximate surface area is 241 Å². The Morgan fingerprint density at radius 2 is 1.87 bits per heavy atom. The molecule has 0 saturated carbocycles. The lowest BCUT2D eigenvalue weighted by Crippen LogP contribution is -2.48. The minimum atomic E-state index is -3.87. The van der Waals surface area contributed by atoms with E-state index in [1.165, 1.54) is 21.7 Å². The van der Waals surface area contributed by atoms with Crippen LogP contribution in [0.5, 0.6) is 11.5 Å². The maximum atomic E-state index is 14.2. The van der Waals surface area contributed by atoms with Gasteiger partial charge in [0.2, 0.25) is 5.91 Å². The summed E-state index contributed by atoms with van der Waals surface area (Å²) in [6, 6.07) is 5.83. The zero-order valence-corrected chi connectivity index (χ0v) is 25.0. The lowest BCUT2D eigenvalue weighted by atomic mass is 10.2. The fourth-order valence-corrected chi connectivity index (χ4v) is 9.34. The number of hydrogen-bond acceptors (Lipinski definition) is 10. The summed E-state index contributed by atoms with van der Waals surface area (Å²) in [5.74, 6) is 0.932. The molecule has 4 heterocycles. The summed E-state index contributed by atoms with van der Waals surface area (Å²) in [4.78, 5) is 22.9. The molecule has 1 unspecified atom stereocenters. The number of carbonyl (C=O) groups excluding carboxylic acids is 1. The van der Waals surface area contributed by atoms with Gasteiger partial charge in [-0.3, -0.25) is 14.6 Å². The second kappa shape index (κ2) is 12.2. The van der Waals surface area contributed by atoms with Crippen LogP contribution in [0.2, 0.25) is 4.34 Å². The molecule has 39 heavy (non-hydrogen) atoms. The summed E-state index contributed by atoms with van der Waals surface area (Å²) in [7, 11) is -0.710. The Balaban J connectivity index is 1.47. The van der Waals surface area contributed by atoms with Crippen LogP contribution in [0.25, 0.3) is 10.2 Å². The third-order valence-electron chi connectivity index (χ3n) is 6.96. The largest absolute Gasteiger partial charge is 0.495 e. The van der Waals surface area contributed by atoms with Gasteiger partial charge in [-0.2, -0.15) is 4.31 Å². The summed E-state index contributed by atoms with van der Waals surface area (Å²) < 4.78 is 46.1. The lowest BCUT2D eigenvalue weighted by molar-refractivity contribution is -0.121. The molecule has 2 saturated heterocycles. The Morgan fingerprint density at radius 3 is 2.56 bits per heavy atom. The zero-order valence-electron chi connectivity index (χ0n) is 21.8. The van der Waals surface area contributed by atoms with Crippen LogP contribution >= 0.6 is 34.3 Å². The van der Waals surface area contributed by atoms with Gasteiger partial charge < -0.3 is 14.2 Å². The van der Waals surface area contributed by atoms with Crippen LogP contribution < -0.4 is 14.4 Å². The standard InChI is InChI=1S/C25H31ClN4O6S3/c1-34-18-6-7-19(35-2)23-22(18)27-25(38-23)29(11-4-10-28-13-15-36-16-14-28)24(31)17-5-3-12-30(17)39(32,33)21-9-8-20(26)37-21/h6-9,17H,3-5,10-16H2,1-2H3. The van der Waals surface area contributed by atoms with Crippen LogP contribution in [0.4, 0.5) is 5.13 Å². The third kappa shape index (κ3) is 5.90. The first kappa shape index (κ1) is 28.5. The zero-order chi connectivity index (χ0) is 27.6. The van der Waals surface area contributed by atoms with Gasteiger partial charge in [-0.25, -0.2) is 13.4 Å². The first-order valence-corrected chi connectivity index (χ1v) is 16.2. The fourth-order valence-electron chi connectivity index (χ4n) is 4.97. The van der Waals surface area contributed by atoms with Crippen molar-refractivity contribution in [2.45, 2.75) is 29.5 Å². The van der Waals surface area contributed by atoms with Crippen molar-refractivity contribution >= 4 is 65.6 Å². The van der Waals surface area contributed by atoms with Crippen molar-refractivity contribution < 1.29 is 27.4 Å². The number of fused-ring (bicyclic) bond motifs is 1. The van der Waals surface area contributed by atoms with Crippen molar-refractivity contribution in [2.24, 2.45) is 0 Å². The number of carbonyl (C=O) groups is 1. The number of thiazole rings is 1. The molecule has 2 aliphatic rings. The van der Waals surface area contributed by atoms with Crippen molar-refractivity contribution in [3.05, 3.63) is 28.6 Å². The molecule has 0 N–H and O–H groups in total. The van der Waals surface area contributed by atoms with Crippen molar-refractivity contribution in [3.8, 4) is 11.5 Å². The van der Waals surface area contributed by atoms with Gasteiger partial charge in [0.05, 0.1) is 31.8 Å². The van der Waals surface area contributed by atoms with Crippen LogP contribution in [0, 0.1) is 0 Å². The van der Waals surface area contributed by atoms with Crippen molar-refractivity contribution in [2.75, 3.05) is 65.1 Å². The summed E-state index contributed by atoms with van der Waals surface area (Å²) in [5.41, 5.74) is 0.604. The molecular formula is C25H31ClN4O6S3. The minimum Gasteiger partial charge on any atom is -0.495 e. The second-order valence-electron chi connectivity index (χ2n) is 9.27. The van der Waals surface area contributed by atoms with Crippen LogP contribution in [-0.4, -0.2) is 94.7 Å². The Morgan fingerprint density at radius 1 is 1.13 bits per heavy atom. The van der Waals surface area contributed by atoms with Gasteiger partial charge >= 0.3 is 0 Å². The van der Waals surface area contributed by atoms with Gasteiger partial charge in [-0.1, -0.05) is 22.9 Å². The molecule has 0 radical (unpaired) electrons. The molecule has 2 fully saturated rings. The molecule has 0 aliphatic carbocycles. The molecule has 3 aromatic rings. The number of benzene rings is 1. The minimum absolute atomic E-state index is 0.139. The maximum Gasteiger partial charge on any atom is 0.253 e. The highest BCUT2D eigenvalue weighted by Crippen LogP contribution is 2.41. The van der Waals surface area contributed by atoms with Gasteiger partial charge in [0, 0.05) is 32.7 Å². The third-order valence-corrected chi connectivity index (χ3v) is 11.7. The molecule has 5 rings (SSSR count). The van der Waals surface area contributed by atoms with E-state index in [0.717, 1.165) is 35.7 Å². The number of hydrogen-bond donors (Lipinski definition) is 0. The number of halogens is 1. The normalized spacial score (nSPS) is 19.0. The topological polar surface area (TPSA) is 102 Å². The van der Waals surface area contributed by atoms with Gasteiger partial charge in [0.15, 0.2) is 5.13 Å². The predicted molar refractivity (Wildman–Crippen MR) is 153 cm³/mol. The van der Waals surface area contributed by atoms with E-state index in [1.54, 1.807) is 31.3 Å².